The van der Waals surface area contributed by atoms with Crippen molar-refractivity contribution < 1.29 is 56.4 Å². The van der Waals surface area contributed by atoms with E-state index < -0.39 is 11.6 Å². The van der Waals surface area contributed by atoms with Gasteiger partial charge in [-0.3, -0.25) is 58.9 Å². The summed E-state index contributed by atoms with van der Waals surface area (Å²) in [4.78, 5) is 138. The van der Waals surface area contributed by atoms with Crippen LogP contribution < -0.4 is 23.7 Å². The van der Waals surface area contributed by atoms with E-state index in [0.717, 1.165) is 80.3 Å². The number of aryl methyl sites for hydroxylation is 11. The Kier molecular flexibility index (Phi) is 34.3. The lowest BCUT2D eigenvalue weighted by atomic mass is 10.1. The number of halogens is 2. The second kappa shape index (κ2) is 47.2. The Bertz CT molecular complexity index is 6340. The van der Waals surface area contributed by atoms with Crippen molar-refractivity contribution in [1.82, 2.24) is 89.7 Å². The van der Waals surface area contributed by atoms with Crippen LogP contribution in [-0.4, -0.2) is 119 Å². The van der Waals surface area contributed by atoms with Crippen molar-refractivity contribution in [3.63, 3.8) is 0 Å². The van der Waals surface area contributed by atoms with Crippen LogP contribution in [0.25, 0.3) is 0 Å². The molecule has 15 rings (SSSR count). The number of nitrogens with zero attached hydrogens (tertiary/aromatic N) is 18. The third-order valence-electron chi connectivity index (χ3n) is 19.1. The molecule has 0 aromatic carbocycles. The fourth-order valence-corrected chi connectivity index (χ4v) is 12.2. The van der Waals surface area contributed by atoms with Crippen molar-refractivity contribution >= 4 is 28.9 Å². The molecule has 0 saturated heterocycles. The van der Waals surface area contributed by atoms with Crippen molar-refractivity contribution in [2.24, 2.45) is 0 Å². The van der Waals surface area contributed by atoms with Crippen molar-refractivity contribution in [2.45, 2.75) is 140 Å². The second-order valence-electron chi connectivity index (χ2n) is 29.3. The molecule has 15 heterocycles. The first-order chi connectivity index (χ1) is 62.8. The molecule has 0 atom stereocenters. The van der Waals surface area contributed by atoms with Crippen LogP contribution in [0, 0.1) is 65.5 Å². The molecule has 0 spiro atoms. The van der Waals surface area contributed by atoms with Gasteiger partial charge in [-0.05, 0) is 139 Å². The zero-order valence-corrected chi connectivity index (χ0v) is 73.5. The summed E-state index contributed by atoms with van der Waals surface area (Å²) in [6, 6.07) is 39.8. The normalized spacial score (nSPS) is 10.5. The number of ether oxygens (including phenoxy) is 5. The molecule has 0 bridgehead atoms. The smallest absolute Gasteiger partial charge is 0.187 e. The molecule has 15 aromatic rings. The average molecular weight is 1740 g/mol. The number of Topliss-reactive ketones (excluding diaryl/α,β-unsaturated/α-hetero) is 5. The molecule has 130 heavy (non-hydrogen) atoms. The van der Waals surface area contributed by atoms with Gasteiger partial charge in [-0.15, -0.1) is 6.42 Å². The van der Waals surface area contributed by atoms with Crippen molar-refractivity contribution in [3.8, 4) is 69.8 Å². The summed E-state index contributed by atoms with van der Waals surface area (Å²) in [6.07, 6.45) is 31.6. The topological polar surface area (TPSA) is 364 Å². The lowest BCUT2D eigenvalue weighted by Gasteiger charge is -2.09. The van der Waals surface area contributed by atoms with E-state index in [1.807, 2.05) is 149 Å². The zero-order chi connectivity index (χ0) is 92.4. The Morgan fingerprint density at radius 1 is 0.285 bits per heavy atom. The van der Waals surface area contributed by atoms with Crippen LogP contribution in [-0.2, 0) is 64.2 Å². The number of carbonyl (C=O) groups is 5. The minimum absolute atomic E-state index is 0.0893. The number of carbonyl (C=O) groups excluding carboxylic acids is 5. The molecule has 0 aliphatic carbocycles. The molecular weight excluding hydrogens is 1650 g/mol. The standard InChI is InChI=1S/C21H16FN3O2.C20H18FN3O2.2C20H20N4O2.C19H18N4O2/c1-3-14-5-6-17(24-11-14)9-21(26)20-10-18(8-16(4-2)25-20)27-19-7-15(22)12-23-13-19;1-3-15-8-17(26-18-7-14(21)11-22-12-18)10-19(24-15)20(25)9-16-6-4-5-13(2)23-16;1-4-15-6-17(26-18-10-21-12-22-11-18)8-19(24-15)20(25)7-16-5-13(2)14(3)9-23-16;1-4-15-7-17(26-18-10-21-12-22-11-18)9-19(24-15)20(25)8-16-6-5-13(2)14(3)23-16;1-3-14-7-16(25-17-10-20-12-21-11-17)9-18(23-14)19(24)8-15-6-4-5-13(2)22-15/h1,5-8,10-13H,4,9H2,2H3;4-8,10-12H,3,9H2,1-2H3;5-6,8-12H,4,7H2,1-3H3;5-7,9-12H,4,8H2,1-3H3;4-7,9-12H,3,8H2,1-2H3. The van der Waals surface area contributed by atoms with Gasteiger partial charge in [0.15, 0.2) is 46.2 Å². The Balaban J connectivity index is 0.000000157. The quantitative estimate of drug-likeness (QED) is 0.0298. The number of terminal acetylenes is 1. The number of aromatic nitrogens is 18. The molecule has 15 aromatic heterocycles. The Labute approximate surface area is 750 Å². The monoisotopic (exact) mass is 1740 g/mol. The number of ketones is 5. The van der Waals surface area contributed by atoms with Crippen LogP contribution in [0.15, 0.2) is 233 Å². The van der Waals surface area contributed by atoms with Gasteiger partial charge in [0.05, 0.1) is 94.1 Å². The first-order valence-corrected chi connectivity index (χ1v) is 41.5. The summed E-state index contributed by atoms with van der Waals surface area (Å²) in [5.74, 6) is 5.33. The summed E-state index contributed by atoms with van der Waals surface area (Å²) in [5, 5.41) is 0. The van der Waals surface area contributed by atoms with Gasteiger partial charge in [-0.1, -0.05) is 58.7 Å². The van der Waals surface area contributed by atoms with E-state index in [0.29, 0.717) is 129 Å². The Hall–Kier alpha value is -16.2. The van der Waals surface area contributed by atoms with Crippen molar-refractivity contribution in [2.75, 3.05) is 0 Å². The van der Waals surface area contributed by atoms with Gasteiger partial charge in [-0.25, -0.2) is 63.6 Å². The number of hydrogen-bond acceptors (Lipinski definition) is 28. The first kappa shape index (κ1) is 94.5. The summed E-state index contributed by atoms with van der Waals surface area (Å²) >= 11 is 0. The molecule has 656 valence electrons. The number of hydrogen-bond donors (Lipinski definition) is 0. The average Bonchev–Trinajstić information content (AvgIpc) is 0.819. The van der Waals surface area contributed by atoms with Crippen LogP contribution in [0.5, 0.6) is 57.5 Å². The molecule has 0 aliphatic heterocycles. The molecule has 28 nitrogen and oxygen atoms in total. The highest BCUT2D eigenvalue weighted by Crippen LogP contribution is 2.30. The third kappa shape index (κ3) is 29.5. The molecule has 0 amide bonds. The number of rotatable bonds is 30. The van der Waals surface area contributed by atoms with E-state index in [2.05, 4.69) is 95.6 Å². The number of pyridine rings is 12. The lowest BCUT2D eigenvalue weighted by molar-refractivity contribution is 0.0978. The highest BCUT2D eigenvalue weighted by molar-refractivity contribution is 5.98. The molecule has 0 unspecified atom stereocenters. The Morgan fingerprint density at radius 3 is 0.908 bits per heavy atom. The SMILES string of the molecule is C#Cc1ccc(CC(=O)c2cc(Oc3cncc(F)c3)cc(CC)n2)nc1.CCc1cc(Oc2cncc(F)c2)cc(C(=O)Cc2cccc(C)n2)n1.CCc1cc(Oc2cncnc2)cc(C(=O)Cc2cc(C)c(C)cn2)n1.CCc1cc(Oc2cncnc2)cc(C(=O)Cc2ccc(C)c(C)n2)n1.CCc1cc(Oc2cncnc2)cc(C(=O)Cc2cccc(C)n2)n1. The van der Waals surface area contributed by atoms with Crippen LogP contribution in [0.4, 0.5) is 8.78 Å². The lowest BCUT2D eigenvalue weighted by Crippen LogP contribution is -2.09. The van der Waals surface area contributed by atoms with E-state index in [4.69, 9.17) is 30.1 Å². The van der Waals surface area contributed by atoms with E-state index in [-0.39, 0.29) is 78.2 Å². The fraction of sp³-hybridized carbons (Fsp3) is 0.210. The van der Waals surface area contributed by atoms with E-state index in [1.165, 1.54) is 49.6 Å². The molecular formula is C100H92F2N18O10. The maximum atomic E-state index is 13.3. The molecule has 30 heteroatoms. The van der Waals surface area contributed by atoms with Gasteiger partial charge in [-0.2, -0.15) is 0 Å². The maximum Gasteiger partial charge on any atom is 0.187 e. The highest BCUT2D eigenvalue weighted by Gasteiger charge is 2.21. The van der Waals surface area contributed by atoms with Crippen LogP contribution in [0.1, 0.15) is 183 Å². The largest absolute Gasteiger partial charge is 0.455 e. The van der Waals surface area contributed by atoms with Gasteiger partial charge in [0.2, 0.25) is 0 Å². The summed E-state index contributed by atoms with van der Waals surface area (Å²) in [5.41, 5.74) is 15.6. The van der Waals surface area contributed by atoms with Gasteiger partial charge in [0.25, 0.3) is 0 Å². The van der Waals surface area contributed by atoms with Crippen LogP contribution in [0.3, 0.4) is 0 Å². The summed E-state index contributed by atoms with van der Waals surface area (Å²) in [7, 11) is 0. The maximum absolute atomic E-state index is 13.3. The van der Waals surface area contributed by atoms with Crippen LogP contribution >= 0.6 is 0 Å². The third-order valence-corrected chi connectivity index (χ3v) is 19.1. The van der Waals surface area contributed by atoms with Gasteiger partial charge in [0.1, 0.15) is 99.3 Å². The fourth-order valence-electron chi connectivity index (χ4n) is 12.2. The van der Waals surface area contributed by atoms with Crippen LogP contribution in [0.2, 0.25) is 0 Å². The predicted molar refractivity (Wildman–Crippen MR) is 481 cm³/mol. The molecule has 0 N–H and O–H groups in total. The first-order valence-electron chi connectivity index (χ1n) is 41.5. The minimum Gasteiger partial charge on any atom is -0.455 e. The predicted octanol–water partition coefficient (Wildman–Crippen LogP) is 18.6. The summed E-state index contributed by atoms with van der Waals surface area (Å²) < 4.78 is 55.1. The van der Waals surface area contributed by atoms with E-state index in [1.54, 1.807) is 98.1 Å². The van der Waals surface area contributed by atoms with Gasteiger partial charge >= 0.3 is 0 Å². The van der Waals surface area contributed by atoms with Gasteiger partial charge in [0, 0.05) is 165 Å². The van der Waals surface area contributed by atoms with Gasteiger partial charge < -0.3 is 23.7 Å². The van der Waals surface area contributed by atoms with Crippen molar-refractivity contribution in [3.05, 3.63) is 369 Å². The van der Waals surface area contributed by atoms with E-state index in [9.17, 15) is 32.8 Å². The second-order valence-corrected chi connectivity index (χ2v) is 29.3. The highest BCUT2D eigenvalue weighted by atomic mass is 19.1. The summed E-state index contributed by atoms with van der Waals surface area (Å²) in [6.45, 7) is 21.5. The zero-order valence-electron chi connectivity index (χ0n) is 73.5. The minimum atomic E-state index is -0.505. The molecule has 0 fully saturated rings. The molecule has 0 aliphatic rings. The molecule has 0 saturated carbocycles. The van der Waals surface area contributed by atoms with Crippen molar-refractivity contribution in [1.29, 1.82) is 0 Å². The Morgan fingerprint density at radius 2 is 0.600 bits per heavy atom. The molecule has 0 radical (unpaired) electrons. The van der Waals surface area contributed by atoms with E-state index >= 15 is 0 Å².